The molecule has 0 aliphatic rings. The summed E-state index contributed by atoms with van der Waals surface area (Å²) >= 11 is 5.60. The maximum Gasteiger partial charge on any atom is 0.0601 e. The summed E-state index contributed by atoms with van der Waals surface area (Å²) in [6.07, 6.45) is 0.904. The van der Waals surface area contributed by atoms with E-state index < -0.39 is 0 Å². The average molecular weight is 274 g/mol. The van der Waals surface area contributed by atoms with E-state index >= 15 is 0 Å². The molecule has 1 N–H and O–H groups in total. The van der Waals surface area contributed by atoms with Crippen molar-refractivity contribution < 1.29 is 4.74 Å². The van der Waals surface area contributed by atoms with Gasteiger partial charge in [-0.2, -0.15) is 0 Å². The van der Waals surface area contributed by atoms with Gasteiger partial charge in [-0.1, -0.05) is 36.4 Å². The van der Waals surface area contributed by atoms with Gasteiger partial charge in [0, 0.05) is 27.7 Å². The quantitative estimate of drug-likeness (QED) is 0.549. The van der Waals surface area contributed by atoms with Crippen molar-refractivity contribution in [2.24, 2.45) is 0 Å². The van der Waals surface area contributed by atoms with Crippen LogP contribution in [-0.2, 0) is 11.2 Å². The molecule has 0 atom stereocenters. The molecule has 0 fully saturated rings. The SMILES string of the molecule is ClCCOCCc1cccc2c1[nH]c1ccccc12. The molecule has 0 amide bonds. The maximum atomic E-state index is 5.60. The summed E-state index contributed by atoms with van der Waals surface area (Å²) in [6, 6.07) is 14.8. The molecule has 0 saturated heterocycles. The Morgan fingerprint density at radius 2 is 1.79 bits per heavy atom. The van der Waals surface area contributed by atoms with E-state index in [1.165, 1.54) is 27.4 Å². The third-order valence-electron chi connectivity index (χ3n) is 3.36. The Hall–Kier alpha value is -1.51. The normalized spacial score (nSPS) is 11.4. The molecule has 0 unspecified atom stereocenters. The molecule has 2 nitrogen and oxygen atoms in total. The lowest BCUT2D eigenvalue weighted by Crippen LogP contribution is -2.01. The number of hydrogen-bond donors (Lipinski definition) is 1. The topological polar surface area (TPSA) is 25.0 Å². The Morgan fingerprint density at radius 3 is 2.68 bits per heavy atom. The largest absolute Gasteiger partial charge is 0.380 e. The Labute approximate surface area is 117 Å². The number of aromatic amines is 1. The molecule has 3 rings (SSSR count). The number of aromatic nitrogens is 1. The van der Waals surface area contributed by atoms with Gasteiger partial charge in [-0.25, -0.2) is 0 Å². The van der Waals surface area contributed by atoms with Crippen LogP contribution < -0.4 is 0 Å². The predicted octanol–water partition coefficient (Wildman–Crippen LogP) is 4.12. The van der Waals surface area contributed by atoms with E-state index in [1.54, 1.807) is 0 Å². The van der Waals surface area contributed by atoms with Crippen LogP contribution in [0.4, 0.5) is 0 Å². The summed E-state index contributed by atoms with van der Waals surface area (Å²) in [4.78, 5) is 3.51. The van der Waals surface area contributed by atoms with Gasteiger partial charge in [0.05, 0.1) is 13.2 Å². The highest BCUT2D eigenvalue weighted by atomic mass is 35.5. The van der Waals surface area contributed by atoms with Crippen LogP contribution in [0.15, 0.2) is 42.5 Å². The Morgan fingerprint density at radius 1 is 0.947 bits per heavy atom. The number of alkyl halides is 1. The summed E-state index contributed by atoms with van der Waals surface area (Å²) in [6.45, 7) is 1.32. The van der Waals surface area contributed by atoms with Gasteiger partial charge in [-0.3, -0.25) is 0 Å². The van der Waals surface area contributed by atoms with Crippen molar-refractivity contribution in [2.75, 3.05) is 19.1 Å². The Balaban J connectivity index is 1.96. The first-order valence-corrected chi connectivity index (χ1v) is 7.05. The molecule has 98 valence electrons. The van der Waals surface area contributed by atoms with Gasteiger partial charge in [-0.05, 0) is 18.1 Å². The number of para-hydroxylation sites is 2. The van der Waals surface area contributed by atoms with Gasteiger partial charge >= 0.3 is 0 Å². The Kier molecular flexibility index (Phi) is 3.72. The smallest absolute Gasteiger partial charge is 0.0601 e. The molecular formula is C16H16ClNO. The van der Waals surface area contributed by atoms with Crippen LogP contribution in [0.3, 0.4) is 0 Å². The number of hydrogen-bond acceptors (Lipinski definition) is 1. The summed E-state index contributed by atoms with van der Waals surface area (Å²) in [5, 5.41) is 2.56. The van der Waals surface area contributed by atoms with Crippen molar-refractivity contribution in [3.63, 3.8) is 0 Å². The third kappa shape index (κ3) is 2.46. The second-order valence-corrected chi connectivity index (χ2v) is 4.94. The van der Waals surface area contributed by atoms with Crippen molar-refractivity contribution in [2.45, 2.75) is 6.42 Å². The minimum Gasteiger partial charge on any atom is -0.380 e. The molecule has 19 heavy (non-hydrogen) atoms. The maximum absolute atomic E-state index is 5.60. The summed E-state index contributed by atoms with van der Waals surface area (Å²) < 4.78 is 5.46. The van der Waals surface area contributed by atoms with Crippen LogP contribution in [0, 0.1) is 0 Å². The lowest BCUT2D eigenvalue weighted by molar-refractivity contribution is 0.153. The van der Waals surface area contributed by atoms with Crippen LogP contribution in [-0.4, -0.2) is 24.1 Å². The first-order valence-electron chi connectivity index (χ1n) is 6.52. The number of H-pyrrole nitrogens is 1. The zero-order valence-electron chi connectivity index (χ0n) is 10.7. The summed E-state index contributed by atoms with van der Waals surface area (Å²) in [5.41, 5.74) is 3.70. The fourth-order valence-corrected chi connectivity index (χ4v) is 2.59. The zero-order chi connectivity index (χ0) is 13.1. The number of halogens is 1. The Bertz CT molecular complexity index is 689. The first-order chi connectivity index (χ1) is 9.40. The van der Waals surface area contributed by atoms with Crippen LogP contribution >= 0.6 is 11.6 Å². The average Bonchev–Trinajstić information content (AvgIpc) is 2.83. The highest BCUT2D eigenvalue weighted by molar-refractivity contribution is 6.17. The van der Waals surface area contributed by atoms with E-state index in [0.29, 0.717) is 19.1 Å². The molecule has 2 aromatic carbocycles. The highest BCUT2D eigenvalue weighted by Crippen LogP contribution is 2.27. The second-order valence-electron chi connectivity index (χ2n) is 4.56. The molecule has 0 aliphatic carbocycles. The number of rotatable bonds is 5. The van der Waals surface area contributed by atoms with Gasteiger partial charge in [0.15, 0.2) is 0 Å². The molecular weight excluding hydrogens is 258 g/mol. The lowest BCUT2D eigenvalue weighted by atomic mass is 10.1. The minimum atomic E-state index is 0.552. The third-order valence-corrected chi connectivity index (χ3v) is 3.52. The van der Waals surface area contributed by atoms with Crippen molar-refractivity contribution in [1.82, 2.24) is 4.98 Å². The number of benzene rings is 2. The number of nitrogens with one attached hydrogen (secondary N) is 1. The first kappa shape index (κ1) is 12.5. The molecule has 0 bridgehead atoms. The molecule has 0 spiro atoms. The van der Waals surface area contributed by atoms with Crippen LogP contribution in [0.2, 0.25) is 0 Å². The number of fused-ring (bicyclic) bond motifs is 3. The summed E-state index contributed by atoms with van der Waals surface area (Å²) in [7, 11) is 0. The molecule has 3 heteroatoms. The van der Waals surface area contributed by atoms with E-state index in [1.807, 2.05) is 0 Å². The fourth-order valence-electron chi connectivity index (χ4n) is 2.48. The van der Waals surface area contributed by atoms with E-state index in [2.05, 4.69) is 47.4 Å². The molecule has 1 heterocycles. The van der Waals surface area contributed by atoms with E-state index in [-0.39, 0.29) is 0 Å². The van der Waals surface area contributed by atoms with Gasteiger partial charge in [-0.15, -0.1) is 11.6 Å². The summed E-state index contributed by atoms with van der Waals surface area (Å²) in [5.74, 6) is 0.552. The van der Waals surface area contributed by atoms with E-state index in [9.17, 15) is 0 Å². The van der Waals surface area contributed by atoms with Crippen LogP contribution in [0.1, 0.15) is 5.56 Å². The molecule has 0 radical (unpaired) electrons. The molecule has 0 saturated carbocycles. The second kappa shape index (κ2) is 5.64. The van der Waals surface area contributed by atoms with Gasteiger partial charge in [0.2, 0.25) is 0 Å². The highest BCUT2D eigenvalue weighted by Gasteiger charge is 2.07. The predicted molar refractivity (Wildman–Crippen MR) is 81.0 cm³/mol. The van der Waals surface area contributed by atoms with Crippen LogP contribution in [0.5, 0.6) is 0 Å². The van der Waals surface area contributed by atoms with Gasteiger partial charge in [0.25, 0.3) is 0 Å². The minimum absolute atomic E-state index is 0.552. The monoisotopic (exact) mass is 273 g/mol. The molecule has 0 aliphatic heterocycles. The van der Waals surface area contributed by atoms with Crippen LogP contribution in [0.25, 0.3) is 21.8 Å². The van der Waals surface area contributed by atoms with Crippen molar-refractivity contribution >= 4 is 33.4 Å². The van der Waals surface area contributed by atoms with E-state index in [0.717, 1.165) is 6.42 Å². The van der Waals surface area contributed by atoms with Crippen molar-refractivity contribution in [3.8, 4) is 0 Å². The van der Waals surface area contributed by atoms with E-state index in [4.69, 9.17) is 16.3 Å². The fraction of sp³-hybridized carbons (Fsp3) is 0.250. The van der Waals surface area contributed by atoms with Crippen molar-refractivity contribution in [1.29, 1.82) is 0 Å². The van der Waals surface area contributed by atoms with Gasteiger partial charge in [0.1, 0.15) is 0 Å². The molecule has 1 aromatic heterocycles. The lowest BCUT2D eigenvalue weighted by Gasteiger charge is -2.04. The van der Waals surface area contributed by atoms with Crippen molar-refractivity contribution in [3.05, 3.63) is 48.0 Å². The number of ether oxygens (including phenoxy) is 1. The zero-order valence-corrected chi connectivity index (χ0v) is 11.4. The standard InChI is InChI=1S/C16H16ClNO/c17-9-11-19-10-8-12-4-3-6-14-13-5-1-2-7-15(13)18-16(12)14/h1-7,18H,8-11H2. The molecule has 3 aromatic rings. The van der Waals surface area contributed by atoms with Gasteiger partial charge < -0.3 is 9.72 Å².